The molecule has 2 aliphatic rings. The summed E-state index contributed by atoms with van der Waals surface area (Å²) in [7, 11) is 0. The van der Waals surface area contributed by atoms with E-state index in [9.17, 15) is 52.7 Å². The minimum absolute atomic E-state index is 0.0560. The summed E-state index contributed by atoms with van der Waals surface area (Å²) in [6.45, 7) is 0. The first-order valence-electron chi connectivity index (χ1n) is 10.8. The highest BCUT2D eigenvalue weighted by molar-refractivity contribution is 5.91. The van der Waals surface area contributed by atoms with Crippen LogP contribution in [0.3, 0.4) is 0 Å². The van der Waals surface area contributed by atoms with Gasteiger partial charge in [0, 0.05) is 11.0 Å². The molecule has 5 rings (SSSR count). The van der Waals surface area contributed by atoms with Crippen LogP contribution in [0.5, 0.6) is 0 Å². The number of fused-ring (bicyclic) bond motifs is 8. The van der Waals surface area contributed by atoms with Crippen molar-refractivity contribution in [3.63, 3.8) is 0 Å². The van der Waals surface area contributed by atoms with Crippen molar-refractivity contribution in [2.45, 2.75) is 24.7 Å². The quantitative estimate of drug-likeness (QED) is 0.204. The predicted molar refractivity (Wildman–Crippen MR) is 119 cm³/mol. The zero-order chi connectivity index (χ0) is 29.4. The summed E-state index contributed by atoms with van der Waals surface area (Å²) in [5, 5.41) is 0. The second-order valence-corrected chi connectivity index (χ2v) is 8.57. The molecule has 0 fully saturated rings. The average Bonchev–Trinajstić information content (AvgIpc) is 3.53. The number of hydrogen-bond acceptors (Lipinski definition) is 2. The standard InChI is InChI=1S/C24H10F12N4/c25-21(26,27)14-7-13-6-11-2-1-9(37-11)5-10-3-4-12(38-10)8-15-16(22(28,29)30)17(23(31,32)33)20(40-15)18(19(14)39-13)24(34,35)36/h1-8,37,40H. The number of allylic oxidation sites excluding steroid dienone is 1. The monoisotopic (exact) mass is 582 g/mol. The van der Waals surface area contributed by atoms with Crippen LogP contribution in [0.25, 0.3) is 45.9 Å². The minimum Gasteiger partial charge on any atom is -0.355 e. The Hall–Kier alpha value is -4.24. The molecule has 0 saturated heterocycles. The third-order valence-corrected chi connectivity index (χ3v) is 5.77. The van der Waals surface area contributed by atoms with Crippen LogP contribution >= 0.6 is 0 Å². The molecule has 0 saturated carbocycles. The number of rotatable bonds is 0. The van der Waals surface area contributed by atoms with Crippen molar-refractivity contribution >= 4 is 45.9 Å². The largest absolute Gasteiger partial charge is 0.420 e. The van der Waals surface area contributed by atoms with Gasteiger partial charge >= 0.3 is 24.7 Å². The van der Waals surface area contributed by atoms with E-state index in [0.29, 0.717) is 11.6 Å². The van der Waals surface area contributed by atoms with Crippen molar-refractivity contribution in [1.82, 2.24) is 19.9 Å². The molecule has 5 heterocycles. The Morgan fingerprint density at radius 2 is 1.05 bits per heavy atom. The Morgan fingerprint density at radius 3 is 1.57 bits per heavy atom. The molecule has 0 spiro atoms. The lowest BCUT2D eigenvalue weighted by molar-refractivity contribution is -0.160. The van der Waals surface area contributed by atoms with E-state index in [1.165, 1.54) is 29.3 Å². The van der Waals surface area contributed by atoms with E-state index in [2.05, 4.69) is 15.0 Å². The maximum atomic E-state index is 14.3. The van der Waals surface area contributed by atoms with Crippen LogP contribution < -0.4 is 0 Å². The summed E-state index contributed by atoms with van der Waals surface area (Å²) in [5.41, 5.74) is -16.7. The smallest absolute Gasteiger partial charge is 0.355 e. The molecule has 210 valence electrons. The first kappa shape index (κ1) is 27.3. The number of alkyl halides is 12. The highest BCUT2D eigenvalue weighted by Crippen LogP contribution is 2.50. The molecule has 3 aromatic rings. The normalized spacial score (nSPS) is 14.6. The summed E-state index contributed by atoms with van der Waals surface area (Å²) in [6, 6.07) is 5.44. The van der Waals surface area contributed by atoms with Crippen molar-refractivity contribution in [2.24, 2.45) is 0 Å². The zero-order valence-corrected chi connectivity index (χ0v) is 19.0. The second kappa shape index (κ2) is 8.63. The van der Waals surface area contributed by atoms with Crippen molar-refractivity contribution in [3.8, 4) is 0 Å². The molecular weight excluding hydrogens is 572 g/mol. The summed E-state index contributed by atoms with van der Waals surface area (Å²) in [5.74, 6) is 0. The number of aromatic nitrogens is 4. The average molecular weight is 582 g/mol. The van der Waals surface area contributed by atoms with Gasteiger partial charge in [0.15, 0.2) is 0 Å². The number of halogens is 12. The molecule has 3 aromatic heterocycles. The molecule has 2 N–H and O–H groups in total. The maximum Gasteiger partial charge on any atom is 0.420 e. The van der Waals surface area contributed by atoms with Crippen molar-refractivity contribution in [1.29, 1.82) is 0 Å². The molecule has 2 aliphatic heterocycles. The van der Waals surface area contributed by atoms with Gasteiger partial charge in [-0.15, -0.1) is 0 Å². The third-order valence-electron chi connectivity index (χ3n) is 5.77. The summed E-state index contributed by atoms with van der Waals surface area (Å²) in [6.07, 6.45) is -21.1. The molecule has 40 heavy (non-hydrogen) atoms. The van der Waals surface area contributed by atoms with Gasteiger partial charge < -0.3 is 9.97 Å². The molecule has 0 unspecified atom stereocenters. The van der Waals surface area contributed by atoms with E-state index in [0.717, 1.165) is 12.1 Å². The number of hydrogen-bond donors (Lipinski definition) is 2. The molecule has 0 aromatic carbocycles. The van der Waals surface area contributed by atoms with Gasteiger partial charge in [-0.25, -0.2) is 9.97 Å². The van der Waals surface area contributed by atoms with E-state index in [4.69, 9.17) is 0 Å². The number of nitrogens with one attached hydrogen (secondary N) is 2. The lowest BCUT2D eigenvalue weighted by atomic mass is 10.0. The highest BCUT2D eigenvalue weighted by Gasteiger charge is 2.51. The molecule has 0 amide bonds. The molecular formula is C24H10F12N4. The minimum atomic E-state index is -6.10. The van der Waals surface area contributed by atoms with Gasteiger partial charge in [-0.05, 0) is 48.6 Å². The maximum absolute atomic E-state index is 14.3. The van der Waals surface area contributed by atoms with Crippen molar-refractivity contribution in [3.05, 3.63) is 69.8 Å². The zero-order valence-electron chi connectivity index (χ0n) is 19.0. The topological polar surface area (TPSA) is 57.4 Å². The Labute approximate surface area is 213 Å². The van der Waals surface area contributed by atoms with E-state index >= 15 is 0 Å². The van der Waals surface area contributed by atoms with Gasteiger partial charge in [0.05, 0.1) is 50.5 Å². The molecule has 4 nitrogen and oxygen atoms in total. The summed E-state index contributed by atoms with van der Waals surface area (Å²) < 4.78 is 169. The third kappa shape index (κ3) is 4.93. The molecule has 16 heteroatoms. The first-order chi connectivity index (χ1) is 18.3. The fourth-order valence-corrected chi connectivity index (χ4v) is 4.33. The van der Waals surface area contributed by atoms with Crippen LogP contribution in [-0.2, 0) is 18.5 Å². The number of H-pyrrole nitrogens is 2. The summed E-state index contributed by atoms with van der Waals surface area (Å²) in [4.78, 5) is 11.4. The SMILES string of the molecule is FC(F)(F)C1=Cc2cc3ccc(cc4nc(cc5[nH]c(c(C(F)(F)F)c1n2)c(C(F)(F)F)c5C(F)(F)F)C=C4)[nH]3. The van der Waals surface area contributed by atoms with E-state index in [-0.39, 0.29) is 23.0 Å². The Kier molecular flexibility index (Phi) is 5.90. The number of aromatic amines is 2. The van der Waals surface area contributed by atoms with Crippen LogP contribution in [0.1, 0.15) is 39.5 Å². The van der Waals surface area contributed by atoms with Gasteiger partial charge in [0.1, 0.15) is 5.56 Å². The van der Waals surface area contributed by atoms with Gasteiger partial charge in [0.2, 0.25) is 0 Å². The van der Waals surface area contributed by atoms with Crippen molar-refractivity contribution in [2.75, 3.05) is 0 Å². The first-order valence-corrected chi connectivity index (χ1v) is 10.8. The Bertz CT molecular complexity index is 1740. The van der Waals surface area contributed by atoms with Gasteiger partial charge in [-0.3, -0.25) is 0 Å². The Morgan fingerprint density at radius 1 is 0.525 bits per heavy atom. The van der Waals surface area contributed by atoms with Gasteiger partial charge in [-0.1, -0.05) is 0 Å². The lowest BCUT2D eigenvalue weighted by Gasteiger charge is -2.16. The predicted octanol–water partition coefficient (Wildman–Crippen LogP) is 8.64. The fourth-order valence-electron chi connectivity index (χ4n) is 4.33. The highest BCUT2D eigenvalue weighted by atomic mass is 19.4. The van der Waals surface area contributed by atoms with E-state index < -0.39 is 69.4 Å². The van der Waals surface area contributed by atoms with Crippen molar-refractivity contribution < 1.29 is 52.7 Å². The van der Waals surface area contributed by atoms with Gasteiger partial charge in [0.25, 0.3) is 0 Å². The second-order valence-electron chi connectivity index (χ2n) is 8.57. The summed E-state index contributed by atoms with van der Waals surface area (Å²) >= 11 is 0. The van der Waals surface area contributed by atoms with Crippen LogP contribution in [0.4, 0.5) is 52.7 Å². The number of nitrogens with zero attached hydrogens (tertiary/aromatic N) is 2. The lowest BCUT2D eigenvalue weighted by Crippen LogP contribution is -2.18. The van der Waals surface area contributed by atoms with Crippen LogP contribution in [-0.4, -0.2) is 26.1 Å². The molecule has 0 aliphatic carbocycles. The molecule has 0 atom stereocenters. The molecule has 8 bridgehead atoms. The molecule has 0 radical (unpaired) electrons. The van der Waals surface area contributed by atoms with E-state index in [1.807, 2.05) is 0 Å². The van der Waals surface area contributed by atoms with Gasteiger partial charge in [-0.2, -0.15) is 52.7 Å². The van der Waals surface area contributed by atoms with Crippen LogP contribution in [0, 0.1) is 0 Å². The van der Waals surface area contributed by atoms with Crippen LogP contribution in [0.2, 0.25) is 0 Å². The fraction of sp³-hybridized carbons (Fsp3) is 0.167. The van der Waals surface area contributed by atoms with E-state index in [1.54, 1.807) is 0 Å². The van der Waals surface area contributed by atoms with Crippen LogP contribution in [0.15, 0.2) is 30.3 Å². The Balaban J connectivity index is 2.12.